The Morgan fingerprint density at radius 3 is 2.68 bits per heavy atom. The number of carbonyl (C=O) groups excluding carboxylic acids is 2. The molecular formula is C13H17FN2O3. The van der Waals surface area contributed by atoms with E-state index in [-0.39, 0.29) is 17.8 Å². The van der Waals surface area contributed by atoms with Gasteiger partial charge in [-0.15, -0.1) is 0 Å². The number of hydrogen-bond donors (Lipinski definition) is 1. The second-order valence-corrected chi connectivity index (χ2v) is 4.00. The smallest absolute Gasteiger partial charge is 0.325 e. The molecule has 0 atom stereocenters. The molecule has 0 radical (unpaired) electrons. The molecule has 0 aromatic heterocycles. The number of para-hydroxylation sites is 1. The van der Waals surface area contributed by atoms with Gasteiger partial charge in [-0.2, -0.15) is 0 Å². The molecule has 1 rings (SSSR count). The van der Waals surface area contributed by atoms with Gasteiger partial charge in [0.25, 0.3) is 5.91 Å². The number of methoxy groups -OCH3 is 1. The zero-order valence-electron chi connectivity index (χ0n) is 11.0. The van der Waals surface area contributed by atoms with Gasteiger partial charge in [0.1, 0.15) is 12.4 Å². The molecule has 0 saturated carbocycles. The first kappa shape index (κ1) is 14.9. The minimum atomic E-state index is -0.652. The van der Waals surface area contributed by atoms with Crippen LogP contribution in [-0.2, 0) is 9.53 Å². The zero-order chi connectivity index (χ0) is 14.4. The average molecular weight is 268 g/mol. The molecule has 5 nitrogen and oxygen atoms in total. The average Bonchev–Trinajstić information content (AvgIpc) is 2.40. The Balaban J connectivity index is 2.98. The van der Waals surface area contributed by atoms with Crippen molar-refractivity contribution < 1.29 is 18.7 Å². The van der Waals surface area contributed by atoms with E-state index >= 15 is 0 Å². The van der Waals surface area contributed by atoms with Crippen LogP contribution in [-0.4, -0.2) is 37.0 Å². The molecule has 0 unspecified atom stereocenters. The van der Waals surface area contributed by atoms with Gasteiger partial charge in [-0.05, 0) is 18.6 Å². The molecule has 0 aliphatic heterocycles. The summed E-state index contributed by atoms with van der Waals surface area (Å²) >= 11 is 0. The van der Waals surface area contributed by atoms with Gasteiger partial charge in [-0.25, -0.2) is 4.39 Å². The van der Waals surface area contributed by atoms with Gasteiger partial charge in [0.05, 0.1) is 18.4 Å². The molecular weight excluding hydrogens is 251 g/mol. The number of hydrogen-bond acceptors (Lipinski definition) is 4. The molecule has 1 amide bonds. The summed E-state index contributed by atoms with van der Waals surface area (Å²) < 4.78 is 17.9. The van der Waals surface area contributed by atoms with Crippen LogP contribution in [0.15, 0.2) is 18.2 Å². The maximum absolute atomic E-state index is 13.3. The Kier molecular flexibility index (Phi) is 5.29. The number of benzene rings is 1. The van der Waals surface area contributed by atoms with Crippen LogP contribution in [0.5, 0.6) is 0 Å². The van der Waals surface area contributed by atoms with E-state index in [0.29, 0.717) is 13.0 Å². The summed E-state index contributed by atoms with van der Waals surface area (Å²) in [5.41, 5.74) is 5.39. The van der Waals surface area contributed by atoms with E-state index in [1.165, 1.54) is 30.2 Å². The molecule has 1 aromatic rings. The minimum absolute atomic E-state index is 0.0531. The van der Waals surface area contributed by atoms with Crippen molar-refractivity contribution in [1.29, 1.82) is 0 Å². The Hall–Kier alpha value is -2.11. The standard InChI is InChI=1S/C13H17FN2O3/c1-3-7-16(8-11(17)19-2)13(18)9-5-4-6-10(14)12(9)15/h4-6H,3,7-8,15H2,1-2H3. The summed E-state index contributed by atoms with van der Waals surface area (Å²) in [5.74, 6) is -1.67. The number of rotatable bonds is 5. The number of nitrogens with two attached hydrogens (primary N) is 1. The summed E-state index contributed by atoms with van der Waals surface area (Å²) in [4.78, 5) is 24.8. The topological polar surface area (TPSA) is 72.6 Å². The Bertz CT molecular complexity index is 477. The normalized spacial score (nSPS) is 10.1. The maximum atomic E-state index is 13.3. The summed E-state index contributed by atoms with van der Waals surface area (Å²) in [7, 11) is 1.24. The lowest BCUT2D eigenvalue weighted by Gasteiger charge is -2.21. The molecule has 1 aromatic carbocycles. The maximum Gasteiger partial charge on any atom is 0.325 e. The molecule has 0 fully saturated rings. The van der Waals surface area contributed by atoms with E-state index in [2.05, 4.69) is 4.74 Å². The first-order valence-electron chi connectivity index (χ1n) is 5.91. The second-order valence-electron chi connectivity index (χ2n) is 4.00. The zero-order valence-corrected chi connectivity index (χ0v) is 11.0. The third-order valence-electron chi connectivity index (χ3n) is 2.61. The Morgan fingerprint density at radius 1 is 1.42 bits per heavy atom. The van der Waals surface area contributed by atoms with Crippen LogP contribution in [0.3, 0.4) is 0 Å². The van der Waals surface area contributed by atoms with Crippen LogP contribution in [0, 0.1) is 5.82 Å². The lowest BCUT2D eigenvalue weighted by atomic mass is 10.1. The van der Waals surface area contributed by atoms with E-state index in [1.54, 1.807) is 0 Å². The molecule has 104 valence electrons. The molecule has 0 spiro atoms. The predicted molar refractivity (Wildman–Crippen MR) is 69.0 cm³/mol. The largest absolute Gasteiger partial charge is 0.468 e. The van der Waals surface area contributed by atoms with E-state index in [4.69, 9.17) is 5.73 Å². The Labute approximate surface area is 111 Å². The summed E-state index contributed by atoms with van der Waals surface area (Å²) in [6.45, 7) is 2.05. The van der Waals surface area contributed by atoms with Crippen molar-refractivity contribution in [2.75, 3.05) is 25.9 Å². The highest BCUT2D eigenvalue weighted by Crippen LogP contribution is 2.18. The lowest BCUT2D eigenvalue weighted by Crippen LogP contribution is -2.37. The third kappa shape index (κ3) is 3.67. The van der Waals surface area contributed by atoms with Crippen LogP contribution >= 0.6 is 0 Å². The van der Waals surface area contributed by atoms with E-state index in [1.807, 2.05) is 6.92 Å². The van der Waals surface area contributed by atoms with Crippen LogP contribution < -0.4 is 5.73 Å². The molecule has 0 aliphatic rings. The highest BCUT2D eigenvalue weighted by atomic mass is 19.1. The molecule has 0 heterocycles. The summed E-state index contributed by atoms with van der Waals surface area (Å²) in [6, 6.07) is 4.01. The van der Waals surface area contributed by atoms with Crippen LogP contribution in [0.4, 0.5) is 10.1 Å². The minimum Gasteiger partial charge on any atom is -0.468 e. The van der Waals surface area contributed by atoms with E-state index < -0.39 is 17.7 Å². The predicted octanol–water partition coefficient (Wildman–Crippen LogP) is 1.43. The Morgan fingerprint density at radius 2 is 2.11 bits per heavy atom. The van der Waals surface area contributed by atoms with Crippen molar-refractivity contribution in [3.8, 4) is 0 Å². The number of nitrogen functional groups attached to an aromatic ring is 1. The van der Waals surface area contributed by atoms with Crippen molar-refractivity contribution >= 4 is 17.6 Å². The molecule has 19 heavy (non-hydrogen) atoms. The lowest BCUT2D eigenvalue weighted by molar-refractivity contribution is -0.141. The summed E-state index contributed by atoms with van der Waals surface area (Å²) in [6.07, 6.45) is 0.665. The van der Waals surface area contributed by atoms with Crippen LogP contribution in [0.1, 0.15) is 23.7 Å². The number of anilines is 1. The molecule has 0 saturated heterocycles. The van der Waals surface area contributed by atoms with Gasteiger partial charge >= 0.3 is 5.97 Å². The monoisotopic (exact) mass is 268 g/mol. The number of amides is 1. The SMILES string of the molecule is CCCN(CC(=O)OC)C(=O)c1cccc(F)c1N. The fourth-order valence-electron chi connectivity index (χ4n) is 1.64. The highest BCUT2D eigenvalue weighted by Gasteiger charge is 2.21. The first-order valence-corrected chi connectivity index (χ1v) is 5.91. The van der Waals surface area contributed by atoms with Crippen molar-refractivity contribution in [2.24, 2.45) is 0 Å². The first-order chi connectivity index (χ1) is 9.01. The number of ether oxygens (including phenoxy) is 1. The fourth-order valence-corrected chi connectivity index (χ4v) is 1.64. The van der Waals surface area contributed by atoms with Gasteiger partial charge < -0.3 is 15.4 Å². The number of esters is 1. The summed E-state index contributed by atoms with van der Waals surface area (Å²) in [5, 5.41) is 0. The second kappa shape index (κ2) is 6.72. The molecule has 0 bridgehead atoms. The number of carbonyl (C=O) groups is 2. The number of nitrogens with zero attached hydrogens (tertiary/aromatic N) is 1. The van der Waals surface area contributed by atoms with Crippen molar-refractivity contribution in [1.82, 2.24) is 4.90 Å². The van der Waals surface area contributed by atoms with Gasteiger partial charge in [-0.3, -0.25) is 9.59 Å². The molecule has 2 N–H and O–H groups in total. The van der Waals surface area contributed by atoms with Crippen molar-refractivity contribution in [3.63, 3.8) is 0 Å². The molecule has 6 heteroatoms. The van der Waals surface area contributed by atoms with Gasteiger partial charge in [-0.1, -0.05) is 13.0 Å². The van der Waals surface area contributed by atoms with Gasteiger partial charge in [0.2, 0.25) is 0 Å². The quantitative estimate of drug-likeness (QED) is 0.647. The fraction of sp³-hybridized carbons (Fsp3) is 0.385. The highest BCUT2D eigenvalue weighted by molar-refractivity contribution is 6.00. The third-order valence-corrected chi connectivity index (χ3v) is 2.61. The van der Waals surface area contributed by atoms with Gasteiger partial charge in [0.15, 0.2) is 0 Å². The van der Waals surface area contributed by atoms with Crippen LogP contribution in [0.25, 0.3) is 0 Å². The van der Waals surface area contributed by atoms with Crippen molar-refractivity contribution in [2.45, 2.75) is 13.3 Å². The van der Waals surface area contributed by atoms with Crippen molar-refractivity contribution in [3.05, 3.63) is 29.6 Å². The van der Waals surface area contributed by atoms with Crippen LogP contribution in [0.2, 0.25) is 0 Å². The molecule has 0 aliphatic carbocycles. The van der Waals surface area contributed by atoms with Gasteiger partial charge in [0, 0.05) is 6.54 Å². The number of halogens is 1. The van der Waals surface area contributed by atoms with E-state index in [0.717, 1.165) is 0 Å². The van der Waals surface area contributed by atoms with E-state index in [9.17, 15) is 14.0 Å².